The maximum absolute atomic E-state index is 13.0. The van der Waals surface area contributed by atoms with Crippen molar-refractivity contribution in [3.05, 3.63) is 40.1 Å². The second kappa shape index (κ2) is 7.72. The van der Waals surface area contributed by atoms with Gasteiger partial charge in [-0.15, -0.1) is 10.2 Å². The second-order valence-corrected chi connectivity index (χ2v) is 8.17. The molecule has 1 atom stereocenters. The SMILES string of the molecule is O=C(Nc1ccc(F)cc1)c1nnc(C2CCCN(C(=O)C3CCC3)C2)s1. The average Bonchev–Trinajstić information content (AvgIpc) is 3.13. The van der Waals surface area contributed by atoms with Crippen molar-refractivity contribution >= 4 is 28.8 Å². The summed E-state index contributed by atoms with van der Waals surface area (Å²) in [5, 5.41) is 12.0. The van der Waals surface area contributed by atoms with E-state index < -0.39 is 0 Å². The molecule has 8 heteroatoms. The summed E-state index contributed by atoms with van der Waals surface area (Å²) < 4.78 is 13.0. The van der Waals surface area contributed by atoms with Crippen LogP contribution in [0.5, 0.6) is 0 Å². The van der Waals surface area contributed by atoms with Crippen molar-refractivity contribution in [1.82, 2.24) is 15.1 Å². The average molecular weight is 388 g/mol. The fraction of sp³-hybridized carbons (Fsp3) is 0.474. The molecule has 0 spiro atoms. The zero-order valence-electron chi connectivity index (χ0n) is 14.9. The van der Waals surface area contributed by atoms with E-state index in [-0.39, 0.29) is 34.5 Å². The molecule has 1 unspecified atom stereocenters. The minimum Gasteiger partial charge on any atom is -0.342 e. The Hall–Kier alpha value is -2.35. The van der Waals surface area contributed by atoms with Gasteiger partial charge in [0.1, 0.15) is 10.8 Å². The van der Waals surface area contributed by atoms with Crippen LogP contribution in [0, 0.1) is 11.7 Å². The van der Waals surface area contributed by atoms with Crippen molar-refractivity contribution in [3.63, 3.8) is 0 Å². The molecule has 1 aliphatic carbocycles. The third kappa shape index (κ3) is 4.00. The van der Waals surface area contributed by atoms with E-state index in [0.717, 1.165) is 43.7 Å². The van der Waals surface area contributed by atoms with Gasteiger partial charge in [-0.1, -0.05) is 17.8 Å². The van der Waals surface area contributed by atoms with Crippen molar-refractivity contribution in [3.8, 4) is 0 Å². The summed E-state index contributed by atoms with van der Waals surface area (Å²) in [4.78, 5) is 26.8. The number of hydrogen-bond acceptors (Lipinski definition) is 5. The Balaban J connectivity index is 1.39. The van der Waals surface area contributed by atoms with Crippen LogP contribution in [0.4, 0.5) is 10.1 Å². The molecule has 2 amide bonds. The molecule has 1 aromatic heterocycles. The summed E-state index contributed by atoms with van der Waals surface area (Å²) >= 11 is 1.27. The lowest BCUT2D eigenvalue weighted by atomic mass is 9.83. The number of halogens is 1. The first-order chi connectivity index (χ1) is 13.1. The summed E-state index contributed by atoms with van der Waals surface area (Å²) in [7, 11) is 0. The molecular formula is C19H21FN4O2S. The van der Waals surface area contributed by atoms with Gasteiger partial charge in [-0.2, -0.15) is 0 Å². The molecule has 6 nitrogen and oxygen atoms in total. The number of carbonyl (C=O) groups excluding carboxylic acids is 2. The van der Waals surface area contributed by atoms with E-state index in [0.29, 0.717) is 12.2 Å². The van der Waals surface area contributed by atoms with Crippen LogP contribution in [-0.4, -0.2) is 40.0 Å². The van der Waals surface area contributed by atoms with Crippen LogP contribution in [0.2, 0.25) is 0 Å². The number of likely N-dealkylation sites (tertiary alicyclic amines) is 1. The largest absolute Gasteiger partial charge is 0.342 e. The standard InChI is InChI=1S/C19H21FN4O2S/c20-14-6-8-15(9-7-14)21-16(25)18-23-22-17(27-18)13-5-2-10-24(11-13)19(26)12-3-1-4-12/h6-9,12-13H,1-5,10-11H2,(H,21,25). The van der Waals surface area contributed by atoms with Crippen LogP contribution in [0.15, 0.2) is 24.3 Å². The highest BCUT2D eigenvalue weighted by Gasteiger charge is 2.33. The number of aromatic nitrogens is 2. The van der Waals surface area contributed by atoms with Gasteiger partial charge in [-0.25, -0.2) is 4.39 Å². The van der Waals surface area contributed by atoms with Gasteiger partial charge in [-0.05, 0) is 49.9 Å². The monoisotopic (exact) mass is 388 g/mol. The van der Waals surface area contributed by atoms with Crippen molar-refractivity contribution in [2.75, 3.05) is 18.4 Å². The molecule has 2 heterocycles. The predicted octanol–water partition coefficient (Wildman–Crippen LogP) is 3.44. The number of carbonyl (C=O) groups is 2. The summed E-state index contributed by atoms with van der Waals surface area (Å²) in [6.07, 6.45) is 5.05. The third-order valence-electron chi connectivity index (χ3n) is 5.27. The Bertz CT molecular complexity index is 834. The zero-order valence-corrected chi connectivity index (χ0v) is 15.7. The van der Waals surface area contributed by atoms with E-state index in [1.54, 1.807) is 0 Å². The number of piperidine rings is 1. The van der Waals surface area contributed by atoms with E-state index in [1.165, 1.54) is 35.6 Å². The van der Waals surface area contributed by atoms with Gasteiger partial charge in [0, 0.05) is 30.6 Å². The Morgan fingerprint density at radius 3 is 2.59 bits per heavy atom. The van der Waals surface area contributed by atoms with Gasteiger partial charge < -0.3 is 10.2 Å². The zero-order chi connectivity index (χ0) is 18.8. The second-order valence-electron chi connectivity index (χ2n) is 7.16. The van der Waals surface area contributed by atoms with E-state index in [2.05, 4.69) is 15.5 Å². The minimum atomic E-state index is -0.358. The van der Waals surface area contributed by atoms with Gasteiger partial charge in [0.05, 0.1) is 0 Å². The predicted molar refractivity (Wildman–Crippen MR) is 100 cm³/mol. The van der Waals surface area contributed by atoms with E-state index >= 15 is 0 Å². The van der Waals surface area contributed by atoms with Crippen LogP contribution in [-0.2, 0) is 4.79 Å². The Kier molecular flexibility index (Phi) is 5.15. The van der Waals surface area contributed by atoms with Crippen molar-refractivity contribution in [2.24, 2.45) is 5.92 Å². The Labute approximate surface area is 160 Å². The highest BCUT2D eigenvalue weighted by molar-refractivity contribution is 7.13. The Morgan fingerprint density at radius 1 is 1.11 bits per heavy atom. The molecule has 2 aliphatic rings. The third-order valence-corrected chi connectivity index (χ3v) is 6.36. The number of rotatable bonds is 4. The molecule has 27 heavy (non-hydrogen) atoms. The fourth-order valence-electron chi connectivity index (χ4n) is 3.50. The highest BCUT2D eigenvalue weighted by atomic mass is 32.1. The molecule has 1 saturated carbocycles. The van der Waals surface area contributed by atoms with Crippen LogP contribution in [0.1, 0.15) is 52.8 Å². The van der Waals surface area contributed by atoms with Gasteiger partial charge in [0.2, 0.25) is 10.9 Å². The van der Waals surface area contributed by atoms with Gasteiger partial charge >= 0.3 is 0 Å². The van der Waals surface area contributed by atoms with Crippen LogP contribution >= 0.6 is 11.3 Å². The number of benzene rings is 1. The molecule has 1 N–H and O–H groups in total. The highest BCUT2D eigenvalue weighted by Crippen LogP contribution is 2.33. The van der Waals surface area contributed by atoms with Crippen molar-refractivity contribution in [2.45, 2.75) is 38.0 Å². The summed E-state index contributed by atoms with van der Waals surface area (Å²) in [6, 6.07) is 5.58. The molecule has 1 aliphatic heterocycles. The summed E-state index contributed by atoms with van der Waals surface area (Å²) in [5.41, 5.74) is 0.507. The molecule has 1 saturated heterocycles. The van der Waals surface area contributed by atoms with E-state index in [1.807, 2.05) is 4.90 Å². The van der Waals surface area contributed by atoms with Crippen molar-refractivity contribution in [1.29, 1.82) is 0 Å². The van der Waals surface area contributed by atoms with Crippen LogP contribution < -0.4 is 5.32 Å². The smallest absolute Gasteiger partial charge is 0.286 e. The van der Waals surface area contributed by atoms with E-state index in [9.17, 15) is 14.0 Å². The molecular weight excluding hydrogens is 367 g/mol. The van der Waals surface area contributed by atoms with Gasteiger partial charge in [0.25, 0.3) is 5.91 Å². The van der Waals surface area contributed by atoms with Gasteiger partial charge in [-0.3, -0.25) is 9.59 Å². The Morgan fingerprint density at radius 2 is 1.89 bits per heavy atom. The van der Waals surface area contributed by atoms with Crippen LogP contribution in [0.25, 0.3) is 0 Å². The first-order valence-corrected chi connectivity index (χ1v) is 10.1. The molecule has 4 rings (SSSR count). The molecule has 2 aromatic rings. The molecule has 0 radical (unpaired) electrons. The number of hydrogen-bond donors (Lipinski definition) is 1. The van der Waals surface area contributed by atoms with E-state index in [4.69, 9.17) is 0 Å². The van der Waals surface area contributed by atoms with Gasteiger partial charge in [0.15, 0.2) is 0 Å². The lowest BCUT2D eigenvalue weighted by Gasteiger charge is -2.36. The molecule has 142 valence electrons. The quantitative estimate of drug-likeness (QED) is 0.871. The fourth-order valence-corrected chi connectivity index (χ4v) is 4.37. The summed E-state index contributed by atoms with van der Waals surface area (Å²) in [6.45, 7) is 1.46. The normalized spacial score (nSPS) is 20.2. The van der Waals surface area contributed by atoms with Crippen molar-refractivity contribution < 1.29 is 14.0 Å². The maximum atomic E-state index is 13.0. The lowest BCUT2D eigenvalue weighted by molar-refractivity contribution is -0.139. The topological polar surface area (TPSA) is 75.2 Å². The molecule has 2 fully saturated rings. The maximum Gasteiger partial charge on any atom is 0.286 e. The lowest BCUT2D eigenvalue weighted by Crippen LogP contribution is -2.44. The first kappa shape index (κ1) is 18.0. The minimum absolute atomic E-state index is 0.132. The molecule has 0 bridgehead atoms. The number of nitrogens with zero attached hydrogens (tertiary/aromatic N) is 3. The number of nitrogens with one attached hydrogen (secondary N) is 1. The number of amides is 2. The number of anilines is 1. The summed E-state index contributed by atoms with van der Waals surface area (Å²) in [5.74, 6) is -0.110. The first-order valence-electron chi connectivity index (χ1n) is 9.29. The molecule has 1 aromatic carbocycles. The van der Waals surface area contributed by atoms with Crippen LogP contribution in [0.3, 0.4) is 0 Å².